The largest absolute Gasteiger partial charge is 0.481 e. The zero-order valence-corrected chi connectivity index (χ0v) is 43.7. The van der Waals surface area contributed by atoms with Crippen LogP contribution in [0.5, 0.6) is 0 Å². The third kappa shape index (κ3) is 39.0. The average Bonchev–Trinajstić information content (AvgIpc) is 3.87. The lowest BCUT2D eigenvalue weighted by atomic mass is 9.91. The summed E-state index contributed by atoms with van der Waals surface area (Å²) in [5, 5.41) is 20.3. The number of carboxylic acid groups (broad SMARTS) is 1. The smallest absolute Gasteiger partial charge is 0.306 e. The van der Waals surface area contributed by atoms with Gasteiger partial charge in [0.2, 0.25) is 23.6 Å². The standard InChI is InChI=1S/C52H91N7O13.H2/c1-3-4-5-6-7-8-9-10-11-12-13-14-15-16-17-21-45(61)33-43(52(67)68)22-23-48(63)56-25-27-69-29-32-72-39-50(65)57-26-28-70-30-31-71-38-49(64)55-24-19-18-20-42(51(66)58-36-41(2)60)34-47(62)46(53)35-44-37-54-40-59-44;/h37,40,42-43,46H,3-36,38-39,53H2,1-2H3,(H,54,59)(H,55,64)(H,56,63)(H,57,65)(H,58,66)(H,67,68);1H/t42-,43-,46+;/m1./s1. The molecular weight excluding hydrogens is 931 g/mol. The van der Waals surface area contributed by atoms with Crippen molar-refractivity contribution in [2.24, 2.45) is 17.6 Å². The van der Waals surface area contributed by atoms with Crippen molar-refractivity contribution in [2.75, 3.05) is 79.0 Å². The number of H-pyrrole nitrogens is 1. The van der Waals surface area contributed by atoms with Gasteiger partial charge in [0.15, 0.2) is 5.78 Å². The summed E-state index contributed by atoms with van der Waals surface area (Å²) >= 11 is 0. The lowest BCUT2D eigenvalue weighted by molar-refractivity contribution is -0.144. The van der Waals surface area contributed by atoms with E-state index in [1.165, 1.54) is 90.3 Å². The first-order chi connectivity index (χ1) is 34.8. The van der Waals surface area contributed by atoms with E-state index in [0.717, 1.165) is 19.3 Å². The number of carbonyl (C=O) groups excluding carboxylic acids is 7. The lowest BCUT2D eigenvalue weighted by Crippen LogP contribution is -2.39. The first-order valence-corrected chi connectivity index (χ1v) is 26.7. The van der Waals surface area contributed by atoms with Gasteiger partial charge < -0.3 is 56.0 Å². The van der Waals surface area contributed by atoms with E-state index in [4.69, 9.17) is 24.7 Å². The van der Waals surface area contributed by atoms with E-state index in [1.54, 1.807) is 6.20 Å². The van der Waals surface area contributed by atoms with Crippen LogP contribution in [-0.4, -0.2) is 147 Å². The highest BCUT2D eigenvalue weighted by molar-refractivity contribution is 5.91. The number of aromatic nitrogens is 2. The number of rotatable bonds is 51. The number of Topliss-reactive ketones (excluding diaryl/α,β-unsaturated/α-hetero) is 3. The van der Waals surface area contributed by atoms with Crippen molar-refractivity contribution in [2.45, 2.75) is 174 Å². The summed E-state index contributed by atoms with van der Waals surface area (Å²) < 4.78 is 21.5. The van der Waals surface area contributed by atoms with Crippen LogP contribution in [0, 0.1) is 11.8 Å². The summed E-state index contributed by atoms with van der Waals surface area (Å²) in [4.78, 5) is 104. The van der Waals surface area contributed by atoms with Gasteiger partial charge in [-0.25, -0.2) is 4.98 Å². The number of ether oxygens (including phenoxy) is 4. The first-order valence-electron chi connectivity index (χ1n) is 26.7. The second kappa shape index (κ2) is 45.0. The third-order valence-corrected chi connectivity index (χ3v) is 12.0. The van der Waals surface area contributed by atoms with Crippen LogP contribution in [0.1, 0.15) is 169 Å². The van der Waals surface area contributed by atoms with Crippen molar-refractivity contribution in [3.05, 3.63) is 18.2 Å². The van der Waals surface area contributed by atoms with Crippen LogP contribution >= 0.6 is 0 Å². The number of aromatic amines is 1. The van der Waals surface area contributed by atoms with E-state index in [0.29, 0.717) is 37.9 Å². The van der Waals surface area contributed by atoms with Crippen molar-refractivity contribution >= 4 is 46.9 Å². The van der Waals surface area contributed by atoms with Crippen LogP contribution in [0.25, 0.3) is 0 Å². The molecule has 20 nitrogen and oxygen atoms in total. The Morgan fingerprint density at radius 3 is 1.67 bits per heavy atom. The molecular formula is C52H93N7O13. The molecule has 4 amide bonds. The van der Waals surface area contributed by atoms with Crippen molar-refractivity contribution in [3.63, 3.8) is 0 Å². The first kappa shape index (κ1) is 65.4. The Kier molecular flexibility index (Phi) is 40.9. The van der Waals surface area contributed by atoms with Gasteiger partial charge >= 0.3 is 5.97 Å². The molecule has 1 heterocycles. The number of hydrogen-bond acceptors (Lipinski definition) is 14. The Labute approximate surface area is 429 Å². The maximum Gasteiger partial charge on any atom is 0.306 e. The number of amides is 4. The molecule has 20 heteroatoms. The Bertz CT molecular complexity index is 1640. The fourth-order valence-electron chi connectivity index (χ4n) is 7.74. The number of unbranched alkanes of at least 4 members (excludes halogenated alkanes) is 15. The molecule has 0 aromatic carbocycles. The highest BCUT2D eigenvalue weighted by atomic mass is 16.5. The fraction of sp³-hybridized carbons (Fsp3) is 0.788. The van der Waals surface area contributed by atoms with Crippen LogP contribution < -0.4 is 27.0 Å². The molecule has 1 aromatic heterocycles. The van der Waals surface area contributed by atoms with Gasteiger partial charge in [0.1, 0.15) is 24.8 Å². The van der Waals surface area contributed by atoms with E-state index in [2.05, 4.69) is 38.2 Å². The fourth-order valence-corrected chi connectivity index (χ4v) is 7.74. The number of hydrogen-bond donors (Lipinski definition) is 7. The number of imidazole rings is 1. The minimum Gasteiger partial charge on any atom is -0.481 e. The van der Waals surface area contributed by atoms with E-state index in [-0.39, 0.29) is 141 Å². The number of carboxylic acids is 1. The highest BCUT2D eigenvalue weighted by Gasteiger charge is 2.26. The minimum atomic E-state index is -1.07. The van der Waals surface area contributed by atoms with Gasteiger partial charge in [-0.05, 0) is 32.6 Å². The molecule has 72 heavy (non-hydrogen) atoms. The van der Waals surface area contributed by atoms with E-state index in [1.807, 2.05) is 0 Å². The maximum absolute atomic E-state index is 12.8. The maximum atomic E-state index is 12.8. The normalized spacial score (nSPS) is 12.4. The summed E-state index contributed by atoms with van der Waals surface area (Å²) in [6.07, 6.45) is 23.8. The summed E-state index contributed by atoms with van der Waals surface area (Å²) in [6, 6.07) is -0.808. The number of nitrogens with one attached hydrogen (secondary N) is 5. The number of carbonyl (C=O) groups is 8. The van der Waals surface area contributed by atoms with Gasteiger partial charge in [0.05, 0.1) is 64.5 Å². The zero-order chi connectivity index (χ0) is 52.9. The molecule has 0 saturated carbocycles. The monoisotopic (exact) mass is 1020 g/mol. The zero-order valence-electron chi connectivity index (χ0n) is 43.7. The summed E-state index contributed by atoms with van der Waals surface area (Å²) in [6.45, 7) is 5.09. The second-order valence-electron chi connectivity index (χ2n) is 18.6. The number of nitrogens with two attached hydrogens (primary N) is 1. The van der Waals surface area contributed by atoms with Crippen LogP contribution in [0.2, 0.25) is 0 Å². The van der Waals surface area contributed by atoms with Crippen LogP contribution in [-0.2, 0) is 63.7 Å². The summed E-state index contributed by atoms with van der Waals surface area (Å²) in [7, 11) is 0. The number of aliphatic carboxylic acids is 1. The topological polar surface area (TPSA) is 297 Å². The molecule has 8 N–H and O–H groups in total. The SMILES string of the molecule is CCCCCCCCCCCCCCCCCC(=O)C[C@@H](CCC(=O)NCCOCCOCC(=O)NCCOCCOCC(=O)NCCCC[C@H](CC(=O)[C@@H](N)Cc1cnc[nH]1)C(=O)NCC(C)=O)C(=O)O.[HH]. The molecule has 0 aliphatic heterocycles. The van der Waals surface area contributed by atoms with Gasteiger partial charge in [-0.2, -0.15) is 0 Å². The third-order valence-electron chi connectivity index (χ3n) is 12.0. The van der Waals surface area contributed by atoms with Gasteiger partial charge in [0.25, 0.3) is 0 Å². The van der Waals surface area contributed by atoms with Crippen LogP contribution in [0.4, 0.5) is 0 Å². The van der Waals surface area contributed by atoms with E-state index < -0.39 is 29.8 Å². The molecule has 0 fully saturated rings. The lowest BCUT2D eigenvalue weighted by Gasteiger charge is -2.18. The minimum absolute atomic E-state index is 0. The predicted octanol–water partition coefficient (Wildman–Crippen LogP) is 5.09. The molecule has 0 bridgehead atoms. The van der Waals surface area contributed by atoms with Gasteiger partial charge in [-0.3, -0.25) is 38.4 Å². The van der Waals surface area contributed by atoms with E-state index >= 15 is 0 Å². The van der Waals surface area contributed by atoms with Crippen molar-refractivity contribution in [3.8, 4) is 0 Å². The molecule has 3 atom stereocenters. The average molecular weight is 1020 g/mol. The molecule has 0 aliphatic rings. The summed E-state index contributed by atoms with van der Waals surface area (Å²) in [5.74, 6) is -4.52. The van der Waals surface area contributed by atoms with Crippen LogP contribution in [0.3, 0.4) is 0 Å². The molecule has 0 aliphatic carbocycles. The van der Waals surface area contributed by atoms with Gasteiger partial charge in [-0.15, -0.1) is 0 Å². The Morgan fingerprint density at radius 1 is 0.611 bits per heavy atom. The molecule has 0 saturated heterocycles. The molecule has 414 valence electrons. The van der Waals surface area contributed by atoms with E-state index in [9.17, 15) is 43.5 Å². The van der Waals surface area contributed by atoms with Crippen molar-refractivity contribution in [1.82, 2.24) is 31.2 Å². The second-order valence-corrected chi connectivity index (χ2v) is 18.6. The molecule has 1 aromatic rings. The number of ketones is 3. The Hall–Kier alpha value is -4.63. The Morgan fingerprint density at radius 2 is 1.14 bits per heavy atom. The van der Waals surface area contributed by atoms with Gasteiger partial charge in [0, 0.05) is 71.0 Å². The quantitative estimate of drug-likeness (QED) is 0.0418. The summed E-state index contributed by atoms with van der Waals surface area (Å²) in [5.41, 5.74) is 6.78. The van der Waals surface area contributed by atoms with Crippen LogP contribution in [0.15, 0.2) is 12.5 Å². The van der Waals surface area contributed by atoms with Gasteiger partial charge in [-0.1, -0.05) is 103 Å². The molecule has 0 spiro atoms. The highest BCUT2D eigenvalue weighted by Crippen LogP contribution is 2.18. The molecule has 0 unspecified atom stereocenters. The van der Waals surface area contributed by atoms with Crippen molar-refractivity contribution in [1.29, 1.82) is 0 Å². The molecule has 0 radical (unpaired) electrons. The predicted molar refractivity (Wildman–Crippen MR) is 275 cm³/mol. The molecule has 1 rings (SSSR count). The number of nitrogens with zero attached hydrogens (tertiary/aromatic N) is 1. The van der Waals surface area contributed by atoms with Crippen molar-refractivity contribution < 1.29 is 63.8 Å². The Balaban J connectivity index is 0.0000518.